The molecule has 0 saturated heterocycles. The summed E-state index contributed by atoms with van der Waals surface area (Å²) in [5.41, 5.74) is 2.56. The molecule has 0 amide bonds. The van der Waals surface area contributed by atoms with E-state index in [0.717, 1.165) is 11.1 Å². The van der Waals surface area contributed by atoms with Gasteiger partial charge in [-0.25, -0.2) is 0 Å². The lowest BCUT2D eigenvalue weighted by molar-refractivity contribution is 0.0764. The van der Waals surface area contributed by atoms with Crippen molar-refractivity contribution >= 4 is 21.9 Å². The molecule has 0 bridgehead atoms. The maximum absolute atomic E-state index is 12.4. The molecular weight excluding hydrogens is 520 g/mol. The maximum atomic E-state index is 12.4. The van der Waals surface area contributed by atoms with E-state index in [1.54, 1.807) is 24.3 Å². The minimum Gasteiger partial charge on any atom is -0.491 e. The standard InChI is InChI=1S/C34H26O7/c35-29-21-33(40-31-7-3-1-5-27(29)31)23-9-13-25(14-10-23)38-19-17-37-18-20-39-26-15-11-24(12-16-26)34-22-30(36)28-6-2-4-8-32(28)41-34/h1-16,21-22H,17-20H2. The molecule has 7 nitrogen and oxygen atoms in total. The van der Waals surface area contributed by atoms with E-state index in [1.807, 2.05) is 72.8 Å². The summed E-state index contributed by atoms with van der Waals surface area (Å²) in [7, 11) is 0. The van der Waals surface area contributed by atoms with Gasteiger partial charge in [-0.05, 0) is 72.8 Å². The number of benzene rings is 4. The van der Waals surface area contributed by atoms with Crippen LogP contribution < -0.4 is 20.3 Å². The summed E-state index contributed by atoms with van der Waals surface area (Å²) < 4.78 is 28.9. The average molecular weight is 547 g/mol. The predicted octanol–water partition coefficient (Wildman–Crippen LogP) is 6.71. The van der Waals surface area contributed by atoms with Gasteiger partial charge in [-0.15, -0.1) is 0 Å². The summed E-state index contributed by atoms with van der Waals surface area (Å²) >= 11 is 0. The largest absolute Gasteiger partial charge is 0.491 e. The van der Waals surface area contributed by atoms with Gasteiger partial charge >= 0.3 is 0 Å². The monoisotopic (exact) mass is 546 g/mol. The summed E-state index contributed by atoms with van der Waals surface area (Å²) in [5, 5.41) is 1.13. The van der Waals surface area contributed by atoms with Gasteiger partial charge in [-0.1, -0.05) is 24.3 Å². The zero-order valence-electron chi connectivity index (χ0n) is 22.1. The normalized spacial score (nSPS) is 11.1. The molecule has 0 saturated carbocycles. The lowest BCUT2D eigenvalue weighted by atomic mass is 10.1. The zero-order valence-corrected chi connectivity index (χ0v) is 22.1. The van der Waals surface area contributed by atoms with E-state index < -0.39 is 0 Å². The molecule has 6 rings (SSSR count). The smallest absolute Gasteiger partial charge is 0.193 e. The van der Waals surface area contributed by atoms with Gasteiger partial charge in [0.2, 0.25) is 0 Å². The van der Waals surface area contributed by atoms with Crippen molar-refractivity contribution in [1.29, 1.82) is 0 Å². The Balaban J connectivity index is 0.935. The SMILES string of the molecule is O=c1cc(-c2ccc(OCCOCCOc3ccc(-c4cc(=O)c5ccccc5o4)cc3)cc2)oc2ccccc12. The second kappa shape index (κ2) is 11.9. The molecule has 0 radical (unpaired) electrons. The van der Waals surface area contributed by atoms with Gasteiger partial charge in [-0.2, -0.15) is 0 Å². The van der Waals surface area contributed by atoms with Crippen LogP contribution in [0.15, 0.2) is 128 Å². The lowest BCUT2D eigenvalue weighted by Crippen LogP contribution is -2.12. The van der Waals surface area contributed by atoms with Crippen LogP contribution in [-0.2, 0) is 4.74 Å². The molecule has 7 heteroatoms. The molecule has 204 valence electrons. The molecule has 2 aromatic heterocycles. The van der Waals surface area contributed by atoms with Crippen LogP contribution in [0, 0.1) is 0 Å². The molecule has 0 spiro atoms. The first-order chi connectivity index (χ1) is 20.1. The summed E-state index contributed by atoms with van der Waals surface area (Å²) in [6, 6.07) is 32.2. The summed E-state index contributed by atoms with van der Waals surface area (Å²) in [4.78, 5) is 24.7. The van der Waals surface area contributed by atoms with Gasteiger partial charge in [-0.3, -0.25) is 9.59 Å². The minimum atomic E-state index is -0.0730. The molecule has 0 N–H and O–H groups in total. The Morgan fingerprint density at radius 1 is 0.488 bits per heavy atom. The molecule has 4 aromatic carbocycles. The quantitative estimate of drug-likeness (QED) is 0.177. The van der Waals surface area contributed by atoms with Crippen LogP contribution in [0.2, 0.25) is 0 Å². The molecule has 0 unspecified atom stereocenters. The number of ether oxygens (including phenoxy) is 3. The molecule has 2 heterocycles. The van der Waals surface area contributed by atoms with Gasteiger partial charge < -0.3 is 23.0 Å². The first-order valence-corrected chi connectivity index (χ1v) is 13.2. The van der Waals surface area contributed by atoms with Crippen molar-refractivity contribution in [3.63, 3.8) is 0 Å². The number of fused-ring (bicyclic) bond motifs is 2. The molecular formula is C34H26O7. The molecule has 0 aliphatic carbocycles. The molecule has 0 fully saturated rings. The van der Waals surface area contributed by atoms with Crippen molar-refractivity contribution in [3.8, 4) is 34.1 Å². The molecule has 0 aliphatic heterocycles. The maximum Gasteiger partial charge on any atom is 0.193 e. The van der Waals surface area contributed by atoms with Crippen LogP contribution in [0.4, 0.5) is 0 Å². The second-order valence-electron chi connectivity index (χ2n) is 9.30. The Kier molecular flexibility index (Phi) is 7.60. The average Bonchev–Trinajstić information content (AvgIpc) is 3.01. The highest BCUT2D eigenvalue weighted by Crippen LogP contribution is 2.25. The summed E-state index contributed by atoms with van der Waals surface area (Å²) in [6.45, 7) is 1.58. The Morgan fingerprint density at radius 2 is 0.902 bits per heavy atom. The number of hydrogen-bond acceptors (Lipinski definition) is 7. The fourth-order valence-electron chi connectivity index (χ4n) is 4.46. The van der Waals surface area contributed by atoms with Crippen molar-refractivity contribution in [2.24, 2.45) is 0 Å². The van der Waals surface area contributed by atoms with Crippen LogP contribution in [0.1, 0.15) is 0 Å². The predicted molar refractivity (Wildman–Crippen MR) is 158 cm³/mol. The highest BCUT2D eigenvalue weighted by atomic mass is 16.5. The zero-order chi connectivity index (χ0) is 28.0. The van der Waals surface area contributed by atoms with E-state index in [-0.39, 0.29) is 10.9 Å². The summed E-state index contributed by atoms with van der Waals surface area (Å²) in [6.07, 6.45) is 0. The Morgan fingerprint density at radius 3 is 1.34 bits per heavy atom. The minimum absolute atomic E-state index is 0.0730. The fraction of sp³-hybridized carbons (Fsp3) is 0.118. The number of para-hydroxylation sites is 2. The Bertz CT molecular complexity index is 1760. The van der Waals surface area contributed by atoms with Gasteiger partial charge in [0, 0.05) is 23.3 Å². The van der Waals surface area contributed by atoms with E-state index in [2.05, 4.69) is 0 Å². The first kappa shape index (κ1) is 26.1. The van der Waals surface area contributed by atoms with Gasteiger partial charge in [0.25, 0.3) is 0 Å². The van der Waals surface area contributed by atoms with Crippen LogP contribution in [0.5, 0.6) is 11.5 Å². The lowest BCUT2D eigenvalue weighted by Gasteiger charge is -2.10. The Hall–Kier alpha value is -5.14. The van der Waals surface area contributed by atoms with E-state index in [1.165, 1.54) is 12.1 Å². The molecule has 6 aromatic rings. The third-order valence-corrected chi connectivity index (χ3v) is 6.54. The first-order valence-electron chi connectivity index (χ1n) is 13.2. The van der Waals surface area contributed by atoms with Crippen molar-refractivity contribution in [2.75, 3.05) is 26.4 Å². The topological polar surface area (TPSA) is 88.1 Å². The summed E-state index contributed by atoms with van der Waals surface area (Å²) in [5.74, 6) is 2.41. The molecule has 0 aliphatic rings. The van der Waals surface area contributed by atoms with Crippen LogP contribution in [-0.4, -0.2) is 26.4 Å². The van der Waals surface area contributed by atoms with Gasteiger partial charge in [0.1, 0.15) is 47.4 Å². The van der Waals surface area contributed by atoms with Crippen molar-refractivity contribution in [2.45, 2.75) is 0 Å². The van der Waals surface area contributed by atoms with Crippen molar-refractivity contribution in [1.82, 2.24) is 0 Å². The van der Waals surface area contributed by atoms with Gasteiger partial charge in [0.15, 0.2) is 10.9 Å². The number of rotatable bonds is 10. The van der Waals surface area contributed by atoms with E-state index in [9.17, 15) is 9.59 Å². The fourth-order valence-corrected chi connectivity index (χ4v) is 4.46. The van der Waals surface area contributed by atoms with Crippen LogP contribution >= 0.6 is 0 Å². The van der Waals surface area contributed by atoms with Crippen LogP contribution in [0.25, 0.3) is 44.6 Å². The molecule has 41 heavy (non-hydrogen) atoms. The van der Waals surface area contributed by atoms with Gasteiger partial charge in [0.05, 0.1) is 24.0 Å². The third kappa shape index (κ3) is 6.05. The second-order valence-corrected chi connectivity index (χ2v) is 9.30. The van der Waals surface area contributed by atoms with E-state index >= 15 is 0 Å². The van der Waals surface area contributed by atoms with Crippen molar-refractivity contribution < 1.29 is 23.0 Å². The number of hydrogen-bond donors (Lipinski definition) is 0. The molecule has 0 atom stereocenters. The van der Waals surface area contributed by atoms with Crippen LogP contribution in [0.3, 0.4) is 0 Å². The van der Waals surface area contributed by atoms with Crippen molar-refractivity contribution in [3.05, 3.63) is 130 Å². The highest BCUT2D eigenvalue weighted by Gasteiger charge is 2.08. The third-order valence-electron chi connectivity index (χ3n) is 6.54. The van der Waals surface area contributed by atoms with E-state index in [4.69, 9.17) is 23.0 Å². The highest BCUT2D eigenvalue weighted by molar-refractivity contribution is 5.79. The van der Waals surface area contributed by atoms with E-state index in [0.29, 0.717) is 71.4 Å². The Labute approximate surface area is 235 Å².